The number of nitrogens with one attached hydrogen (secondary N) is 1. The van der Waals surface area contributed by atoms with Crippen LogP contribution in [0, 0.1) is 0 Å². The van der Waals surface area contributed by atoms with Gasteiger partial charge in [-0.15, -0.1) is 0 Å². The van der Waals surface area contributed by atoms with Gasteiger partial charge in [0.25, 0.3) is 0 Å². The molecule has 3 N–H and O–H groups in total. The van der Waals surface area contributed by atoms with Crippen LogP contribution in [-0.2, 0) is 0 Å². The van der Waals surface area contributed by atoms with Crippen LogP contribution in [-0.4, -0.2) is 16.0 Å². The number of halogens is 4. The Bertz CT molecular complexity index is 375. The predicted molar refractivity (Wildman–Crippen MR) is 58.4 cm³/mol. The van der Waals surface area contributed by atoms with Gasteiger partial charge >= 0.3 is 6.18 Å². The molecule has 8 heteroatoms. The van der Waals surface area contributed by atoms with Gasteiger partial charge in [0.05, 0.1) is 29.4 Å². The molecule has 4 nitrogen and oxygen atoms in total. The van der Waals surface area contributed by atoms with E-state index in [1.54, 1.807) is 13.8 Å². The van der Waals surface area contributed by atoms with E-state index < -0.39 is 18.6 Å². The Morgan fingerprint density at radius 2 is 2.12 bits per heavy atom. The SMILES string of the molecule is CC(C)n1ncc(Cl)c1C(CC(F)(F)F)NN. The number of aromatic nitrogens is 2. The Morgan fingerprint density at radius 1 is 1.53 bits per heavy atom. The zero-order chi connectivity index (χ0) is 13.2. The van der Waals surface area contributed by atoms with Crippen LogP contribution in [0.5, 0.6) is 0 Å². The first-order valence-corrected chi connectivity index (χ1v) is 5.40. The van der Waals surface area contributed by atoms with Crippen LogP contribution in [0.2, 0.25) is 5.02 Å². The highest BCUT2D eigenvalue weighted by molar-refractivity contribution is 6.31. The lowest BCUT2D eigenvalue weighted by Gasteiger charge is -2.21. The maximum atomic E-state index is 12.4. The maximum Gasteiger partial charge on any atom is 0.391 e. The molecule has 17 heavy (non-hydrogen) atoms. The molecule has 1 rings (SSSR count). The highest BCUT2D eigenvalue weighted by Crippen LogP contribution is 2.33. The summed E-state index contributed by atoms with van der Waals surface area (Å²) in [5, 5.41) is 4.11. The molecule has 98 valence electrons. The number of rotatable bonds is 4. The van der Waals surface area contributed by atoms with Crippen molar-refractivity contribution in [2.24, 2.45) is 5.84 Å². The lowest BCUT2D eigenvalue weighted by molar-refractivity contribution is -0.140. The van der Waals surface area contributed by atoms with Crippen LogP contribution in [0.1, 0.15) is 38.0 Å². The number of alkyl halides is 3. The van der Waals surface area contributed by atoms with Gasteiger partial charge in [0.2, 0.25) is 0 Å². The van der Waals surface area contributed by atoms with Gasteiger partial charge in [0.1, 0.15) is 0 Å². The van der Waals surface area contributed by atoms with Crippen molar-refractivity contribution < 1.29 is 13.2 Å². The highest BCUT2D eigenvalue weighted by atomic mass is 35.5. The predicted octanol–water partition coefficient (Wildman–Crippen LogP) is 2.57. The number of hydrogen-bond acceptors (Lipinski definition) is 3. The molecule has 0 aliphatic rings. The van der Waals surface area contributed by atoms with Crippen LogP contribution < -0.4 is 11.3 Å². The molecule has 1 atom stereocenters. The molecule has 1 heterocycles. The van der Waals surface area contributed by atoms with E-state index in [9.17, 15) is 13.2 Å². The Labute approximate surface area is 102 Å². The first-order valence-electron chi connectivity index (χ1n) is 5.02. The molecule has 0 saturated heterocycles. The summed E-state index contributed by atoms with van der Waals surface area (Å²) >= 11 is 5.85. The third-order valence-corrected chi connectivity index (χ3v) is 2.53. The standard InChI is InChI=1S/C9H14ClF3N4/c1-5(2)17-8(6(10)4-15-17)7(16-14)3-9(11,12)13/h4-5,7,16H,3,14H2,1-2H3. The highest BCUT2D eigenvalue weighted by Gasteiger charge is 2.35. The van der Waals surface area contributed by atoms with E-state index in [1.807, 2.05) is 0 Å². The Balaban J connectivity index is 3.07. The average molecular weight is 271 g/mol. The second-order valence-electron chi connectivity index (χ2n) is 3.95. The van der Waals surface area contributed by atoms with Gasteiger partial charge in [-0.25, -0.2) is 0 Å². The summed E-state index contributed by atoms with van der Waals surface area (Å²) in [5.74, 6) is 5.16. The normalized spacial score (nSPS) is 14.4. The molecule has 0 bridgehead atoms. The van der Waals surface area contributed by atoms with Gasteiger partial charge in [-0.05, 0) is 13.8 Å². The zero-order valence-electron chi connectivity index (χ0n) is 9.42. The third-order valence-electron chi connectivity index (χ3n) is 2.24. The van der Waals surface area contributed by atoms with E-state index in [0.29, 0.717) is 0 Å². The van der Waals surface area contributed by atoms with Crippen molar-refractivity contribution in [2.75, 3.05) is 0 Å². The van der Waals surface area contributed by atoms with Crippen molar-refractivity contribution in [1.29, 1.82) is 0 Å². The summed E-state index contributed by atoms with van der Waals surface area (Å²) in [6.45, 7) is 3.60. The fourth-order valence-corrected chi connectivity index (χ4v) is 1.82. The maximum absolute atomic E-state index is 12.4. The fraction of sp³-hybridized carbons (Fsp3) is 0.667. The van der Waals surface area contributed by atoms with Gasteiger partial charge in [-0.2, -0.15) is 18.3 Å². The Kier molecular flexibility index (Phi) is 4.40. The summed E-state index contributed by atoms with van der Waals surface area (Å²) in [4.78, 5) is 0. The molecule has 0 aromatic carbocycles. The van der Waals surface area contributed by atoms with E-state index in [-0.39, 0.29) is 16.8 Å². The van der Waals surface area contributed by atoms with E-state index in [0.717, 1.165) is 0 Å². The van der Waals surface area contributed by atoms with Crippen molar-refractivity contribution in [3.63, 3.8) is 0 Å². The minimum absolute atomic E-state index is 0.0958. The van der Waals surface area contributed by atoms with Crippen molar-refractivity contribution >= 4 is 11.6 Å². The summed E-state index contributed by atoms with van der Waals surface area (Å²) in [6, 6.07) is -1.20. The molecule has 0 aliphatic heterocycles. The van der Waals surface area contributed by atoms with Gasteiger partial charge in [0, 0.05) is 6.04 Å². The molecular formula is C9H14ClF3N4. The van der Waals surface area contributed by atoms with E-state index in [4.69, 9.17) is 17.4 Å². The van der Waals surface area contributed by atoms with E-state index in [2.05, 4.69) is 10.5 Å². The minimum atomic E-state index is -4.33. The van der Waals surface area contributed by atoms with Crippen molar-refractivity contribution in [2.45, 2.75) is 38.5 Å². The summed E-state index contributed by atoms with van der Waals surface area (Å²) < 4.78 is 38.6. The summed E-state index contributed by atoms with van der Waals surface area (Å²) in [5.41, 5.74) is 2.38. The van der Waals surface area contributed by atoms with Crippen LogP contribution in [0.25, 0.3) is 0 Å². The number of nitrogens with two attached hydrogens (primary N) is 1. The summed E-state index contributed by atoms with van der Waals surface area (Å²) in [6.07, 6.45) is -4.11. The van der Waals surface area contributed by atoms with Gasteiger partial charge in [-0.3, -0.25) is 16.0 Å². The zero-order valence-corrected chi connectivity index (χ0v) is 10.2. The molecule has 0 spiro atoms. The van der Waals surface area contributed by atoms with Gasteiger partial charge in [0.15, 0.2) is 0 Å². The Hall–Kier alpha value is -0.790. The topological polar surface area (TPSA) is 55.9 Å². The van der Waals surface area contributed by atoms with Crippen molar-refractivity contribution in [3.05, 3.63) is 16.9 Å². The summed E-state index contributed by atoms with van der Waals surface area (Å²) in [7, 11) is 0. The second kappa shape index (κ2) is 5.24. The monoisotopic (exact) mass is 270 g/mol. The Morgan fingerprint density at radius 3 is 2.53 bits per heavy atom. The van der Waals surface area contributed by atoms with Gasteiger partial charge < -0.3 is 0 Å². The van der Waals surface area contributed by atoms with Crippen molar-refractivity contribution in [3.8, 4) is 0 Å². The van der Waals surface area contributed by atoms with E-state index in [1.165, 1.54) is 10.9 Å². The van der Waals surface area contributed by atoms with Crippen molar-refractivity contribution in [1.82, 2.24) is 15.2 Å². The molecule has 0 radical (unpaired) electrons. The van der Waals surface area contributed by atoms with Crippen LogP contribution in [0.15, 0.2) is 6.20 Å². The quantitative estimate of drug-likeness (QED) is 0.653. The minimum Gasteiger partial charge on any atom is -0.271 e. The van der Waals surface area contributed by atoms with Crippen LogP contribution >= 0.6 is 11.6 Å². The molecule has 0 saturated carbocycles. The number of hydrazine groups is 1. The average Bonchev–Trinajstić information content (AvgIpc) is 2.55. The smallest absolute Gasteiger partial charge is 0.271 e. The molecule has 0 amide bonds. The number of hydrogen-bond donors (Lipinski definition) is 2. The molecule has 0 aliphatic carbocycles. The van der Waals surface area contributed by atoms with Crippen LogP contribution in [0.3, 0.4) is 0 Å². The number of nitrogens with zero attached hydrogens (tertiary/aromatic N) is 2. The fourth-order valence-electron chi connectivity index (χ4n) is 1.55. The van der Waals surface area contributed by atoms with E-state index >= 15 is 0 Å². The second-order valence-corrected chi connectivity index (χ2v) is 4.36. The lowest BCUT2D eigenvalue weighted by atomic mass is 10.1. The van der Waals surface area contributed by atoms with Gasteiger partial charge in [-0.1, -0.05) is 11.6 Å². The molecule has 1 unspecified atom stereocenters. The largest absolute Gasteiger partial charge is 0.391 e. The first kappa shape index (κ1) is 14.3. The lowest BCUT2D eigenvalue weighted by Crippen LogP contribution is -2.33. The molecule has 1 aromatic rings. The third kappa shape index (κ3) is 3.58. The van der Waals surface area contributed by atoms with Crippen LogP contribution in [0.4, 0.5) is 13.2 Å². The molecular weight excluding hydrogens is 257 g/mol. The molecule has 0 fully saturated rings. The molecule has 1 aromatic heterocycles. The first-order chi connectivity index (χ1) is 7.76.